The van der Waals surface area contributed by atoms with Crippen molar-refractivity contribution in [2.75, 3.05) is 0 Å². The normalized spacial score (nSPS) is 11.0. The van der Waals surface area contributed by atoms with Gasteiger partial charge in [-0.05, 0) is 107 Å². The van der Waals surface area contributed by atoms with E-state index in [0.717, 1.165) is 82.7 Å². The van der Waals surface area contributed by atoms with Crippen molar-refractivity contribution in [1.82, 2.24) is 14.1 Å². The first kappa shape index (κ1) is 38.9. The van der Waals surface area contributed by atoms with Gasteiger partial charge in [-0.3, -0.25) is 0 Å². The van der Waals surface area contributed by atoms with E-state index in [1.165, 1.54) is 0 Å². The maximum atomic E-state index is 11.6. The average molecular weight is 839 g/mol. The molecular formula is C58H30N8. The minimum absolute atomic E-state index is 0.386. The predicted octanol–water partition coefficient (Wildman–Crippen LogP) is 13.3. The zero-order valence-corrected chi connectivity index (χ0v) is 34.9. The standard InChI is InChI=1S/C58H30N8/c59-31-36-21-37(32-60)24-43(23-36)41-17-19-48-46-11-4-6-15-53(46)65(55(48)27-41)57-29-45(52-14-8-13-51(64-52)40-9-2-1-3-10-40)30-58(50(57)35-63)66-54-16-7-5-12-47(54)49-20-18-42(28-56(49)66)44-25-38(33-61)22-39(26-44)34-62/h1-30H. The number of rotatable bonds is 6. The highest BCUT2D eigenvalue weighted by Crippen LogP contribution is 2.42. The molecule has 3 heterocycles. The number of hydrogen-bond donors (Lipinski definition) is 0. The van der Waals surface area contributed by atoms with Crippen molar-refractivity contribution >= 4 is 43.6 Å². The largest absolute Gasteiger partial charge is 0.308 e. The molecule has 0 saturated heterocycles. The van der Waals surface area contributed by atoms with Crippen LogP contribution in [0, 0.1) is 56.7 Å². The van der Waals surface area contributed by atoms with Crippen LogP contribution in [0.15, 0.2) is 182 Å². The summed E-state index contributed by atoms with van der Waals surface area (Å²) in [5.41, 5.74) is 13.0. The summed E-state index contributed by atoms with van der Waals surface area (Å²) in [7, 11) is 0. The van der Waals surface area contributed by atoms with Crippen LogP contribution >= 0.6 is 0 Å². The summed E-state index contributed by atoms with van der Waals surface area (Å²) in [4.78, 5) is 5.23. The van der Waals surface area contributed by atoms with Crippen LogP contribution in [0.3, 0.4) is 0 Å². The number of nitrogens with zero attached hydrogens (tertiary/aromatic N) is 8. The molecule has 0 spiro atoms. The van der Waals surface area contributed by atoms with Crippen LogP contribution in [0.5, 0.6) is 0 Å². The average Bonchev–Trinajstić information content (AvgIpc) is 3.90. The Labute approximate surface area is 378 Å². The van der Waals surface area contributed by atoms with Crippen LogP contribution in [0.2, 0.25) is 0 Å². The molecule has 0 saturated carbocycles. The second kappa shape index (κ2) is 15.7. The van der Waals surface area contributed by atoms with Crippen LogP contribution in [-0.2, 0) is 0 Å². The highest BCUT2D eigenvalue weighted by molar-refractivity contribution is 6.12. The Morgan fingerprint density at radius 3 is 1.18 bits per heavy atom. The number of pyridine rings is 1. The molecule has 0 amide bonds. The zero-order chi connectivity index (χ0) is 44.9. The second-order valence-electron chi connectivity index (χ2n) is 16.0. The summed E-state index contributed by atoms with van der Waals surface area (Å²) in [5, 5.41) is 55.0. The van der Waals surface area contributed by atoms with Crippen molar-refractivity contribution in [2.24, 2.45) is 0 Å². The summed E-state index contributed by atoms with van der Waals surface area (Å²) < 4.78 is 4.27. The summed E-state index contributed by atoms with van der Waals surface area (Å²) in [6.45, 7) is 0. The van der Waals surface area contributed by atoms with Crippen molar-refractivity contribution in [3.05, 3.63) is 210 Å². The van der Waals surface area contributed by atoms with E-state index in [-0.39, 0.29) is 0 Å². The van der Waals surface area contributed by atoms with Gasteiger partial charge in [-0.25, -0.2) is 4.98 Å². The molecule has 0 bridgehead atoms. The highest BCUT2D eigenvalue weighted by atomic mass is 15.0. The van der Waals surface area contributed by atoms with Gasteiger partial charge in [-0.15, -0.1) is 0 Å². The first-order valence-corrected chi connectivity index (χ1v) is 21.1. The molecule has 8 heteroatoms. The summed E-state index contributed by atoms with van der Waals surface area (Å²) >= 11 is 0. The minimum atomic E-state index is 0.386. The molecule has 11 rings (SSSR count). The summed E-state index contributed by atoms with van der Waals surface area (Å²) in [6.07, 6.45) is 0. The molecule has 0 atom stereocenters. The van der Waals surface area contributed by atoms with Gasteiger partial charge in [0, 0.05) is 32.7 Å². The number of nitriles is 5. The van der Waals surface area contributed by atoms with Crippen molar-refractivity contribution in [2.45, 2.75) is 0 Å². The number of hydrogen-bond acceptors (Lipinski definition) is 6. The lowest BCUT2D eigenvalue weighted by molar-refractivity contribution is 1.12. The SMILES string of the molecule is N#Cc1cc(C#N)cc(-c2ccc3c4ccccc4n(-c4cc(-c5cccc(-c6ccccc6)n5)cc(-n5c6ccccc6c6ccc(-c7cc(C#N)cc(C#N)c7)cc65)c4C#N)c3c2)c1. The fourth-order valence-corrected chi connectivity index (χ4v) is 9.26. The predicted molar refractivity (Wildman–Crippen MR) is 258 cm³/mol. The van der Waals surface area contributed by atoms with Crippen molar-refractivity contribution in [3.8, 4) is 86.5 Å². The number of aromatic nitrogens is 3. The Hall–Kier alpha value is -10.0. The Morgan fingerprint density at radius 1 is 0.303 bits per heavy atom. The van der Waals surface area contributed by atoms with Crippen LogP contribution in [0.4, 0.5) is 0 Å². The van der Waals surface area contributed by atoms with Crippen molar-refractivity contribution < 1.29 is 0 Å². The third kappa shape index (κ3) is 6.38. The van der Waals surface area contributed by atoms with Gasteiger partial charge in [0.05, 0.1) is 91.4 Å². The van der Waals surface area contributed by atoms with Crippen LogP contribution in [0.25, 0.3) is 99.8 Å². The lowest BCUT2D eigenvalue weighted by Crippen LogP contribution is -2.05. The smallest absolute Gasteiger partial charge is 0.104 e. The van der Waals surface area contributed by atoms with Crippen LogP contribution < -0.4 is 0 Å². The fourth-order valence-electron chi connectivity index (χ4n) is 9.26. The fraction of sp³-hybridized carbons (Fsp3) is 0. The van der Waals surface area contributed by atoms with Gasteiger partial charge in [0.1, 0.15) is 11.6 Å². The molecule has 0 aliphatic carbocycles. The Bertz CT molecular complexity index is 3780. The van der Waals surface area contributed by atoms with E-state index in [1.807, 2.05) is 97.1 Å². The topological polar surface area (TPSA) is 142 Å². The summed E-state index contributed by atoms with van der Waals surface area (Å²) in [6, 6.07) is 70.3. The molecule has 66 heavy (non-hydrogen) atoms. The quantitative estimate of drug-likeness (QED) is 0.163. The maximum Gasteiger partial charge on any atom is 0.104 e. The van der Waals surface area contributed by atoms with Crippen molar-refractivity contribution in [1.29, 1.82) is 26.3 Å². The van der Waals surface area contributed by atoms with E-state index in [4.69, 9.17) is 4.98 Å². The molecule has 8 nitrogen and oxygen atoms in total. The molecule has 0 aliphatic rings. The number of fused-ring (bicyclic) bond motifs is 6. The Balaban J connectivity index is 1.25. The molecular weight excluding hydrogens is 809 g/mol. The lowest BCUT2D eigenvalue weighted by atomic mass is 9.99. The van der Waals surface area contributed by atoms with Gasteiger partial charge < -0.3 is 9.13 Å². The first-order chi connectivity index (χ1) is 32.5. The molecule has 11 aromatic rings. The number of para-hydroxylation sites is 2. The van der Waals surface area contributed by atoms with E-state index >= 15 is 0 Å². The minimum Gasteiger partial charge on any atom is -0.308 e. The van der Waals surface area contributed by atoms with E-state index < -0.39 is 0 Å². The number of benzene rings is 8. The Morgan fingerprint density at radius 2 is 0.727 bits per heavy atom. The third-order valence-electron chi connectivity index (χ3n) is 12.2. The monoisotopic (exact) mass is 838 g/mol. The molecule has 0 N–H and O–H groups in total. The molecule has 0 unspecified atom stereocenters. The van der Waals surface area contributed by atoms with Gasteiger partial charge in [-0.2, -0.15) is 26.3 Å². The van der Waals surface area contributed by atoms with E-state index in [9.17, 15) is 26.3 Å². The van der Waals surface area contributed by atoms with Gasteiger partial charge in [-0.1, -0.05) is 97.1 Å². The van der Waals surface area contributed by atoms with E-state index in [2.05, 4.69) is 88.0 Å². The van der Waals surface area contributed by atoms with Crippen LogP contribution in [-0.4, -0.2) is 14.1 Å². The van der Waals surface area contributed by atoms with Crippen LogP contribution in [0.1, 0.15) is 27.8 Å². The Kier molecular flexibility index (Phi) is 9.24. The summed E-state index contributed by atoms with van der Waals surface area (Å²) in [5.74, 6) is 0. The molecule has 3 aromatic heterocycles. The van der Waals surface area contributed by atoms with Gasteiger partial charge in [0.25, 0.3) is 0 Å². The van der Waals surface area contributed by atoms with E-state index in [1.54, 1.807) is 36.4 Å². The second-order valence-corrected chi connectivity index (χ2v) is 16.0. The lowest BCUT2D eigenvalue weighted by Gasteiger charge is -2.19. The van der Waals surface area contributed by atoms with Crippen molar-refractivity contribution in [3.63, 3.8) is 0 Å². The van der Waals surface area contributed by atoms with E-state index in [0.29, 0.717) is 44.9 Å². The molecule has 0 aliphatic heterocycles. The molecule has 302 valence electrons. The first-order valence-electron chi connectivity index (χ1n) is 21.1. The maximum absolute atomic E-state index is 11.6. The highest BCUT2D eigenvalue weighted by Gasteiger charge is 2.24. The zero-order valence-electron chi connectivity index (χ0n) is 34.9. The van der Waals surface area contributed by atoms with Gasteiger partial charge in [0.15, 0.2) is 0 Å². The molecule has 0 radical (unpaired) electrons. The van der Waals surface area contributed by atoms with Gasteiger partial charge >= 0.3 is 0 Å². The molecule has 8 aromatic carbocycles. The molecule has 0 fully saturated rings. The third-order valence-corrected chi connectivity index (χ3v) is 12.2. The van der Waals surface area contributed by atoms with Gasteiger partial charge in [0.2, 0.25) is 0 Å².